The van der Waals surface area contributed by atoms with E-state index in [1.807, 2.05) is 36.9 Å². The molecule has 8 heteroatoms. The molecule has 0 amide bonds. The van der Waals surface area contributed by atoms with Gasteiger partial charge in [-0.25, -0.2) is 4.98 Å². The first-order valence-corrected chi connectivity index (χ1v) is 9.05. The molecule has 0 aliphatic heterocycles. The number of fused-ring (bicyclic) bond motifs is 2. The van der Waals surface area contributed by atoms with Crippen molar-refractivity contribution in [2.45, 2.75) is 13.3 Å². The largest absolute Gasteiger partial charge is 0.395 e. The number of nitrogens with zero attached hydrogens (tertiary/aromatic N) is 4. The average molecular weight is 394 g/mol. The summed E-state index contributed by atoms with van der Waals surface area (Å²) in [6.07, 6.45) is 0.914. The predicted octanol–water partition coefficient (Wildman–Crippen LogP) is 1.94. The molecule has 3 aromatic rings. The molecule has 0 aliphatic rings. The summed E-state index contributed by atoms with van der Waals surface area (Å²) in [6, 6.07) is 8.12. The molecule has 0 fully saturated rings. The lowest BCUT2D eigenvalue weighted by Crippen LogP contribution is -2.31. The lowest BCUT2D eigenvalue weighted by atomic mass is 10.1. The second-order valence-corrected chi connectivity index (χ2v) is 6.48. The third-order valence-electron chi connectivity index (χ3n) is 4.63. The smallest absolute Gasteiger partial charge is 0.160 e. The number of rotatable bonds is 9. The Morgan fingerprint density at radius 1 is 1.11 bits per heavy atom. The molecule has 2 aromatic heterocycles. The topological polar surface area (TPSA) is 86.4 Å². The van der Waals surface area contributed by atoms with Crippen molar-refractivity contribution in [3.05, 3.63) is 30.0 Å². The van der Waals surface area contributed by atoms with Crippen LogP contribution in [0.3, 0.4) is 0 Å². The van der Waals surface area contributed by atoms with Crippen molar-refractivity contribution in [3.8, 4) is 0 Å². The van der Waals surface area contributed by atoms with Gasteiger partial charge in [0.2, 0.25) is 0 Å². The molecule has 0 aliphatic carbocycles. The van der Waals surface area contributed by atoms with E-state index in [9.17, 15) is 0 Å². The van der Waals surface area contributed by atoms with Crippen molar-refractivity contribution in [1.29, 1.82) is 0 Å². The van der Waals surface area contributed by atoms with Gasteiger partial charge in [0.1, 0.15) is 0 Å². The van der Waals surface area contributed by atoms with E-state index in [0.29, 0.717) is 13.1 Å². The van der Waals surface area contributed by atoms with Gasteiger partial charge in [-0.3, -0.25) is 9.58 Å². The zero-order valence-electron chi connectivity index (χ0n) is 15.9. The number of aliphatic hydroxyl groups is 2. The van der Waals surface area contributed by atoms with E-state index >= 15 is 0 Å². The number of aliphatic hydroxyl groups excluding tert-OH is 2. The molecule has 27 heavy (non-hydrogen) atoms. The highest BCUT2D eigenvalue weighted by Crippen LogP contribution is 2.32. The molecule has 0 saturated carbocycles. The van der Waals surface area contributed by atoms with E-state index in [0.717, 1.165) is 52.8 Å². The van der Waals surface area contributed by atoms with E-state index in [4.69, 9.17) is 15.2 Å². The number of aryl methyl sites for hydroxylation is 2. The van der Waals surface area contributed by atoms with Crippen LogP contribution < -0.4 is 5.32 Å². The SMILES string of the molecule is Cc1nn(C)c2nc3ccccc3c(NCCCN(CCO)CCO)c12.Cl. The minimum absolute atomic E-state index is 0. The Labute approximate surface area is 165 Å². The monoisotopic (exact) mass is 393 g/mol. The minimum atomic E-state index is 0. The summed E-state index contributed by atoms with van der Waals surface area (Å²) in [5.41, 5.74) is 3.87. The van der Waals surface area contributed by atoms with Crippen LogP contribution in [0.2, 0.25) is 0 Å². The lowest BCUT2D eigenvalue weighted by molar-refractivity contribution is 0.161. The molecule has 3 N–H and O–H groups in total. The first kappa shape index (κ1) is 21.4. The Morgan fingerprint density at radius 3 is 2.52 bits per heavy atom. The second kappa shape index (κ2) is 9.85. The fraction of sp³-hybridized carbons (Fsp3) is 0.474. The number of nitrogens with one attached hydrogen (secondary N) is 1. The summed E-state index contributed by atoms with van der Waals surface area (Å²) in [7, 11) is 1.92. The normalized spacial score (nSPS) is 11.3. The van der Waals surface area contributed by atoms with Crippen LogP contribution >= 0.6 is 12.4 Å². The van der Waals surface area contributed by atoms with E-state index in [2.05, 4.69) is 21.4 Å². The molecule has 7 nitrogen and oxygen atoms in total. The number of halogens is 1. The van der Waals surface area contributed by atoms with Crippen LogP contribution in [0.15, 0.2) is 24.3 Å². The molecule has 2 heterocycles. The highest BCUT2D eigenvalue weighted by Gasteiger charge is 2.15. The highest BCUT2D eigenvalue weighted by atomic mass is 35.5. The average Bonchev–Trinajstić information content (AvgIpc) is 2.92. The Morgan fingerprint density at radius 2 is 1.81 bits per heavy atom. The Bertz CT molecular complexity index is 877. The van der Waals surface area contributed by atoms with E-state index in [1.165, 1.54) is 0 Å². The maximum Gasteiger partial charge on any atom is 0.160 e. The Kier molecular flexibility index (Phi) is 7.79. The van der Waals surface area contributed by atoms with E-state index in [1.54, 1.807) is 0 Å². The quantitative estimate of drug-likeness (QED) is 0.482. The molecule has 3 rings (SSSR count). The van der Waals surface area contributed by atoms with Crippen LogP contribution in [0.25, 0.3) is 21.9 Å². The van der Waals surface area contributed by atoms with Gasteiger partial charge in [0, 0.05) is 32.1 Å². The molecule has 0 bridgehead atoms. The molecule has 0 atom stereocenters. The Hall–Kier alpha value is -1.93. The van der Waals surface area contributed by atoms with Gasteiger partial charge in [0.25, 0.3) is 0 Å². The maximum atomic E-state index is 9.11. The minimum Gasteiger partial charge on any atom is -0.395 e. The van der Waals surface area contributed by atoms with Gasteiger partial charge in [-0.1, -0.05) is 18.2 Å². The zero-order chi connectivity index (χ0) is 18.5. The molecule has 0 unspecified atom stereocenters. The predicted molar refractivity (Wildman–Crippen MR) is 112 cm³/mol. The summed E-state index contributed by atoms with van der Waals surface area (Å²) in [6.45, 7) is 5.02. The standard InChI is InChI=1S/C19H27N5O2.ClH/c1-14-17-18(20-8-5-9-24(10-12-25)11-13-26)15-6-3-4-7-16(15)21-19(17)23(2)22-14;/h3-4,6-7,25-26H,5,8-13H2,1-2H3,(H,20,21);1H. The highest BCUT2D eigenvalue weighted by molar-refractivity contribution is 6.07. The lowest BCUT2D eigenvalue weighted by Gasteiger charge is -2.20. The van der Waals surface area contributed by atoms with Gasteiger partial charge in [-0.05, 0) is 26.0 Å². The van der Waals surface area contributed by atoms with E-state index < -0.39 is 0 Å². The number of hydrogen-bond donors (Lipinski definition) is 3. The molecule has 0 saturated heterocycles. The van der Waals surface area contributed by atoms with Gasteiger partial charge in [0.05, 0.1) is 35.5 Å². The summed E-state index contributed by atoms with van der Waals surface area (Å²) >= 11 is 0. The molecule has 0 spiro atoms. The summed E-state index contributed by atoms with van der Waals surface area (Å²) in [4.78, 5) is 6.83. The summed E-state index contributed by atoms with van der Waals surface area (Å²) in [5.74, 6) is 0. The third-order valence-corrected chi connectivity index (χ3v) is 4.63. The number of aromatic nitrogens is 3. The Balaban J connectivity index is 0.00000261. The first-order chi connectivity index (χ1) is 12.7. The number of anilines is 1. The van der Waals surface area contributed by atoms with Crippen molar-refractivity contribution >= 4 is 40.0 Å². The van der Waals surface area contributed by atoms with Crippen LogP contribution in [-0.4, -0.2) is 69.3 Å². The number of para-hydroxylation sites is 1. The van der Waals surface area contributed by atoms with Crippen molar-refractivity contribution in [2.24, 2.45) is 7.05 Å². The van der Waals surface area contributed by atoms with E-state index in [-0.39, 0.29) is 25.6 Å². The molecule has 1 aromatic carbocycles. The second-order valence-electron chi connectivity index (χ2n) is 6.48. The molecule has 0 radical (unpaired) electrons. The van der Waals surface area contributed by atoms with Gasteiger partial charge < -0.3 is 15.5 Å². The van der Waals surface area contributed by atoms with Crippen molar-refractivity contribution < 1.29 is 10.2 Å². The van der Waals surface area contributed by atoms with Crippen molar-refractivity contribution in [3.63, 3.8) is 0 Å². The number of benzene rings is 1. The van der Waals surface area contributed by atoms with Gasteiger partial charge in [-0.2, -0.15) is 5.10 Å². The van der Waals surface area contributed by atoms with Crippen LogP contribution in [0.1, 0.15) is 12.1 Å². The fourth-order valence-electron chi connectivity index (χ4n) is 3.42. The van der Waals surface area contributed by atoms with Gasteiger partial charge >= 0.3 is 0 Å². The summed E-state index contributed by atoms with van der Waals surface area (Å²) < 4.78 is 1.83. The van der Waals surface area contributed by atoms with Crippen molar-refractivity contribution in [1.82, 2.24) is 19.7 Å². The van der Waals surface area contributed by atoms with Crippen LogP contribution in [0.5, 0.6) is 0 Å². The number of hydrogen-bond acceptors (Lipinski definition) is 6. The van der Waals surface area contributed by atoms with Crippen molar-refractivity contribution in [2.75, 3.05) is 44.7 Å². The zero-order valence-corrected chi connectivity index (χ0v) is 16.7. The fourth-order valence-corrected chi connectivity index (χ4v) is 3.42. The molecule has 148 valence electrons. The molecular weight excluding hydrogens is 366 g/mol. The van der Waals surface area contributed by atoms with Gasteiger partial charge in [0.15, 0.2) is 5.65 Å². The van der Waals surface area contributed by atoms with Gasteiger partial charge in [-0.15, -0.1) is 12.4 Å². The maximum absolute atomic E-state index is 9.11. The number of pyridine rings is 1. The van der Waals surface area contributed by atoms with Crippen LogP contribution in [-0.2, 0) is 7.05 Å². The molecular formula is C19H28ClN5O2. The first-order valence-electron chi connectivity index (χ1n) is 9.05. The third kappa shape index (κ3) is 4.68. The summed E-state index contributed by atoms with van der Waals surface area (Å²) in [5, 5.41) is 28.5. The van der Waals surface area contributed by atoms with Crippen LogP contribution in [0, 0.1) is 6.92 Å². The van der Waals surface area contributed by atoms with Crippen LogP contribution in [0.4, 0.5) is 5.69 Å².